The SMILES string of the molecule is CC(=O)O[C@H]1CC[C@]2(C)C3=CC(=O)[C@]4(C)[C@@H]5[C@H](C[C@H]4[C@@H]3CC[C@H]2C1)O[C@]1(CC[C@@H](C)CO1)[C@H]5C.C[C@@H]1CC[C@@]2(OC1)O[C@H]1C[C@H]3[C@@H]4CC[C@H]5CC(=O)C(C#N)=C[C@]5(C)C4=CC(=O)[C@]3(C)[C@H]1[C@@H]2C.C[C@@H]1CC[C@@]2(OC1)O[C@H]1C[C@H]3[C@@H]4CC[C@H]5CC(=O)CC[C@]5(C)C4=CC(=O)[C@]3(C)[C@H]1[C@@H]2C.[HH]. The first-order valence-electron chi connectivity index (χ1n) is 39.5. The summed E-state index contributed by atoms with van der Waals surface area (Å²) in [6, 6.07) is 2.11. The highest BCUT2D eigenvalue weighted by Gasteiger charge is 2.74. The fourth-order valence-corrected chi connectivity index (χ4v) is 27.6. The van der Waals surface area contributed by atoms with Crippen LogP contribution in [0.1, 0.15) is 233 Å². The molecule has 0 aromatic rings. The van der Waals surface area contributed by atoms with Gasteiger partial charge in [-0.1, -0.05) is 106 Å². The van der Waals surface area contributed by atoms with Crippen LogP contribution in [0.2, 0.25) is 0 Å². The summed E-state index contributed by atoms with van der Waals surface area (Å²) in [5.41, 5.74) is 2.77. The van der Waals surface area contributed by atoms with Crippen LogP contribution < -0.4 is 0 Å². The number of ketones is 5. The van der Waals surface area contributed by atoms with Crippen molar-refractivity contribution in [1.82, 2.24) is 0 Å². The molecule has 0 aromatic carbocycles. The Morgan fingerprint density at radius 3 is 1.33 bits per heavy atom. The smallest absolute Gasteiger partial charge is 0.302 e. The Hall–Kier alpha value is -3.97. The van der Waals surface area contributed by atoms with Crippen molar-refractivity contribution in [3.8, 4) is 6.07 Å². The fourth-order valence-electron chi connectivity index (χ4n) is 27.6. The Balaban J connectivity index is 0.000000120. The second kappa shape index (κ2) is 23.5. The fraction of sp³-hybridized carbons (Fsp3) is 0.821. The quantitative estimate of drug-likeness (QED) is 0.225. The standard InChI is InChI=1S/C29H42O5.C28H35NO4.C27H38O4.H2/c1-16-8-11-29(32-15-16)17(2)26-24(34-29)13-23-21-7-6-19-12-20(33-18(3)30)9-10-27(19,4)22(21)14-25(31)28(23,26)5;1-15-7-8-28(32-14-15)16(2)25-23(33-28)10-21-19-6-5-18-9-22(30)17(13-29)12-26(18,3)20(19)11-24(31)27(21,25)4;1-15-7-10-27(30-14-15)16(2)24-22(31-27)12-21-19-6-5-17-11-18(28)8-9-25(17,3)20(19)13-23(29)26(21,24)4;/h14,16-17,19-21,23-24,26H,6-13,15H2,1-5H3;11-12,15-16,18-19,21,23,25H,5-10,14H2,1-4H3;13,15-17,19,21-22,24H,5-12,14H2,1-4H3;1H/t16-,17+,19+,20+,21-,23+,24+,26+,27+,28-,29-;15-,16+,18+,19-,21+,23+,25+,26+,27-,28-;15-,16+,17+,19-,21+,22+,24+,25+,26-,27-;/m111./s1. The molecule has 14 fully saturated rings. The van der Waals surface area contributed by atoms with Gasteiger partial charge in [0, 0.05) is 104 Å². The minimum Gasteiger partial charge on any atom is -0.463 e. The molecule has 0 unspecified atom stereocenters. The van der Waals surface area contributed by atoms with Crippen molar-refractivity contribution in [2.45, 2.75) is 273 Å². The molecule has 18 aliphatic rings. The molecule has 98 heavy (non-hydrogen) atoms. The van der Waals surface area contributed by atoms with Gasteiger partial charge in [0.1, 0.15) is 18.0 Å². The van der Waals surface area contributed by atoms with Crippen molar-refractivity contribution in [2.24, 2.45) is 139 Å². The molecular weight excluding hydrogens is 1230 g/mol. The Kier molecular flexibility index (Phi) is 16.4. The summed E-state index contributed by atoms with van der Waals surface area (Å²) in [4.78, 5) is 78.0. The third kappa shape index (κ3) is 9.66. The Labute approximate surface area is 585 Å². The summed E-state index contributed by atoms with van der Waals surface area (Å²) < 4.78 is 45.0. The van der Waals surface area contributed by atoms with Crippen molar-refractivity contribution < 1.29 is 63.4 Å². The van der Waals surface area contributed by atoms with Crippen LogP contribution in [0.5, 0.6) is 0 Å². The minimum absolute atomic E-state index is 0. The summed E-state index contributed by atoms with van der Waals surface area (Å²) >= 11 is 0. The normalized spacial score (nSPS) is 54.3. The Morgan fingerprint density at radius 1 is 0.500 bits per heavy atom. The van der Waals surface area contributed by atoms with Gasteiger partial charge in [0.2, 0.25) is 0 Å². The summed E-state index contributed by atoms with van der Waals surface area (Å²) in [5, 5.41) is 9.53. The molecule has 536 valence electrons. The number of Topliss-reactive ketones (excluding diaryl/α,β-unsaturated/α-hetero) is 2. The first kappa shape index (κ1) is 68.5. The van der Waals surface area contributed by atoms with Gasteiger partial charge in [-0.05, 0) is 203 Å². The molecule has 12 aliphatic carbocycles. The van der Waals surface area contributed by atoms with Crippen molar-refractivity contribution in [3.63, 3.8) is 0 Å². The number of allylic oxidation sites excluding steroid dienone is 8. The van der Waals surface area contributed by atoms with Crippen LogP contribution in [0.15, 0.2) is 46.6 Å². The van der Waals surface area contributed by atoms with Gasteiger partial charge in [0.05, 0.1) is 43.7 Å². The number of carbonyl (C=O) groups is 6. The molecule has 0 amide bonds. The van der Waals surface area contributed by atoms with Crippen LogP contribution in [0.25, 0.3) is 0 Å². The van der Waals surface area contributed by atoms with Gasteiger partial charge in [-0.2, -0.15) is 5.26 Å². The van der Waals surface area contributed by atoms with Gasteiger partial charge >= 0.3 is 5.97 Å². The highest BCUT2D eigenvalue weighted by molar-refractivity contribution is 6.02. The average Bonchev–Trinajstić information content (AvgIpc) is 1.57. The van der Waals surface area contributed by atoms with Crippen LogP contribution in [0.3, 0.4) is 0 Å². The summed E-state index contributed by atoms with van der Waals surface area (Å²) in [7, 11) is 0. The first-order valence-corrected chi connectivity index (χ1v) is 39.5. The van der Waals surface area contributed by atoms with Crippen LogP contribution in [0.4, 0.5) is 0 Å². The van der Waals surface area contributed by atoms with Crippen molar-refractivity contribution in [3.05, 3.63) is 46.6 Å². The number of hydrogen-bond acceptors (Lipinski definition) is 14. The molecule has 0 N–H and O–H groups in total. The summed E-state index contributed by atoms with van der Waals surface area (Å²) in [6.07, 6.45) is 29.5. The maximum atomic E-state index is 14.0. The maximum absolute atomic E-state index is 14.0. The van der Waals surface area contributed by atoms with Crippen LogP contribution in [-0.4, -0.2) is 96.5 Å². The lowest BCUT2D eigenvalue weighted by molar-refractivity contribution is -0.272. The van der Waals surface area contributed by atoms with Crippen molar-refractivity contribution >= 4 is 34.9 Å². The lowest BCUT2D eigenvalue weighted by atomic mass is 9.48. The second-order valence-corrected chi connectivity index (χ2v) is 37.8. The predicted molar refractivity (Wildman–Crippen MR) is 368 cm³/mol. The van der Waals surface area contributed by atoms with Gasteiger partial charge in [-0.15, -0.1) is 0 Å². The summed E-state index contributed by atoms with van der Waals surface area (Å²) in [6.45, 7) is 30.9. The first-order chi connectivity index (χ1) is 46.4. The van der Waals surface area contributed by atoms with E-state index in [-0.39, 0.29) is 123 Å². The van der Waals surface area contributed by atoms with E-state index in [0.29, 0.717) is 95.8 Å². The van der Waals surface area contributed by atoms with Crippen LogP contribution in [-0.2, 0) is 61.9 Å². The molecule has 18 rings (SSSR count). The molecule has 3 spiro atoms. The van der Waals surface area contributed by atoms with Gasteiger partial charge in [0.25, 0.3) is 0 Å². The number of ether oxygens (including phenoxy) is 7. The van der Waals surface area contributed by atoms with E-state index in [2.05, 4.69) is 101 Å². The zero-order valence-corrected chi connectivity index (χ0v) is 61.4. The van der Waals surface area contributed by atoms with Gasteiger partial charge in [-0.3, -0.25) is 28.8 Å². The zero-order chi connectivity index (χ0) is 69.1. The number of hydrogen-bond donors (Lipinski definition) is 0. The van der Waals surface area contributed by atoms with Crippen molar-refractivity contribution in [2.75, 3.05) is 19.8 Å². The average molecular weight is 1350 g/mol. The number of esters is 1. The summed E-state index contributed by atoms with van der Waals surface area (Å²) in [5.74, 6) is 5.95. The Bertz CT molecular complexity index is 3520. The molecule has 14 nitrogen and oxygen atoms in total. The predicted octanol–water partition coefficient (Wildman–Crippen LogP) is 15.6. The highest BCUT2D eigenvalue weighted by Crippen LogP contribution is 2.73. The number of rotatable bonds is 1. The van der Waals surface area contributed by atoms with Gasteiger partial charge < -0.3 is 33.2 Å². The molecule has 0 bridgehead atoms. The van der Waals surface area contributed by atoms with Crippen molar-refractivity contribution in [1.29, 1.82) is 5.26 Å². The minimum atomic E-state index is -0.530. The van der Waals surface area contributed by atoms with E-state index in [4.69, 9.17) is 33.2 Å². The third-order valence-electron chi connectivity index (χ3n) is 33.3. The van der Waals surface area contributed by atoms with E-state index in [0.717, 1.165) is 147 Å². The molecule has 8 saturated carbocycles. The number of carbonyl (C=O) groups excluding carboxylic acids is 6. The molecule has 14 heteroatoms. The van der Waals surface area contributed by atoms with Crippen LogP contribution >= 0.6 is 0 Å². The highest BCUT2D eigenvalue weighted by atomic mass is 16.7. The zero-order valence-electron chi connectivity index (χ0n) is 61.4. The van der Waals surface area contributed by atoms with E-state index in [1.54, 1.807) is 0 Å². The Morgan fingerprint density at radius 2 is 0.908 bits per heavy atom. The second-order valence-electron chi connectivity index (χ2n) is 37.8. The molecule has 31 atom stereocenters. The molecule has 6 heterocycles. The molecular formula is C84H117NO13. The van der Waals surface area contributed by atoms with Gasteiger partial charge in [0.15, 0.2) is 40.5 Å². The van der Waals surface area contributed by atoms with E-state index in [1.165, 1.54) is 18.1 Å². The van der Waals surface area contributed by atoms with Crippen LogP contribution in [0, 0.1) is 150 Å². The maximum Gasteiger partial charge on any atom is 0.302 e. The number of fused-ring (bicyclic) bond motifs is 21. The largest absolute Gasteiger partial charge is 0.463 e. The topological polar surface area (TPSA) is 191 Å². The van der Waals surface area contributed by atoms with E-state index in [1.807, 2.05) is 12.2 Å². The van der Waals surface area contributed by atoms with E-state index >= 15 is 0 Å². The van der Waals surface area contributed by atoms with E-state index in [9.17, 15) is 34.0 Å². The number of nitriles is 1. The molecule has 6 aliphatic heterocycles. The van der Waals surface area contributed by atoms with E-state index < -0.39 is 22.8 Å². The number of nitrogens with zero attached hydrogens (tertiary/aromatic N) is 1. The third-order valence-corrected chi connectivity index (χ3v) is 33.3. The lowest BCUT2D eigenvalue weighted by Crippen LogP contribution is -2.53. The molecule has 0 radical (unpaired) electrons. The molecule has 0 aromatic heterocycles. The molecule has 6 saturated heterocycles. The van der Waals surface area contributed by atoms with Gasteiger partial charge in [-0.25, -0.2) is 0 Å². The lowest BCUT2D eigenvalue weighted by Gasteiger charge is -2.56. The monoisotopic (exact) mass is 1350 g/mol.